The van der Waals surface area contributed by atoms with Crippen LogP contribution >= 0.6 is 0 Å². The molecule has 1 heterocycles. The van der Waals surface area contributed by atoms with E-state index in [0.717, 1.165) is 37.6 Å². The van der Waals surface area contributed by atoms with Gasteiger partial charge in [0, 0.05) is 50.0 Å². The first-order valence-electron chi connectivity index (χ1n) is 8.78. The summed E-state index contributed by atoms with van der Waals surface area (Å²) in [5.74, 6) is 0. The zero-order chi connectivity index (χ0) is 17.5. The Labute approximate surface area is 151 Å². The zero-order valence-electron chi connectivity index (χ0n) is 15.0. The van der Waals surface area contributed by atoms with Crippen LogP contribution in [-0.4, -0.2) is 36.0 Å². The Kier molecular flexibility index (Phi) is 5.83. The normalized spacial score (nSPS) is 13.4. The zero-order valence-corrected chi connectivity index (χ0v) is 15.0. The molecule has 0 aromatic heterocycles. The van der Waals surface area contributed by atoms with Crippen molar-refractivity contribution in [3.05, 3.63) is 78.7 Å². The van der Waals surface area contributed by atoms with Crippen molar-refractivity contribution in [1.29, 1.82) is 0 Å². The number of nitrogens with one attached hydrogen (secondary N) is 2. The van der Waals surface area contributed by atoms with Gasteiger partial charge in [-0.05, 0) is 38.1 Å². The molecule has 0 saturated carbocycles. The van der Waals surface area contributed by atoms with Gasteiger partial charge in [0.1, 0.15) is 0 Å². The van der Waals surface area contributed by atoms with Gasteiger partial charge in [-0.1, -0.05) is 35.4 Å². The van der Waals surface area contributed by atoms with E-state index >= 15 is 0 Å². The molecule has 0 atom stereocenters. The Morgan fingerprint density at radius 1 is 0.680 bits per heavy atom. The monoisotopic (exact) mass is 334 g/mol. The molecule has 0 bridgehead atoms. The highest BCUT2D eigenvalue weighted by Crippen LogP contribution is 2.13. The molecule has 2 aromatic rings. The smallest absolute Gasteiger partial charge is 0.208 e. The van der Waals surface area contributed by atoms with Crippen LogP contribution in [0.4, 0.5) is 11.4 Å². The average Bonchev–Trinajstić information content (AvgIpc) is 3.06. The summed E-state index contributed by atoms with van der Waals surface area (Å²) in [6.07, 6.45) is 4.14. The van der Waals surface area contributed by atoms with Gasteiger partial charge >= 0.3 is 0 Å². The standard InChI is InChI=1S/C21H26N4/c1-18-3-7-20(8-4-18)22-11-13-24-15-16-25(17-24)14-12-23-21-9-5-19(2)6-10-21/h3-10,15-16,22-23H,11-14H2,1-2H3. The van der Waals surface area contributed by atoms with E-state index in [-0.39, 0.29) is 0 Å². The quantitative estimate of drug-likeness (QED) is 0.766. The van der Waals surface area contributed by atoms with E-state index in [1.54, 1.807) is 0 Å². The topological polar surface area (TPSA) is 30.5 Å². The summed E-state index contributed by atoms with van der Waals surface area (Å²) < 4.78 is 0. The minimum absolute atomic E-state index is 0.885. The molecule has 4 heteroatoms. The molecular formula is C21H26N4. The minimum atomic E-state index is 0.885. The second-order valence-electron chi connectivity index (χ2n) is 6.37. The van der Waals surface area contributed by atoms with Gasteiger partial charge < -0.3 is 20.4 Å². The second-order valence-corrected chi connectivity index (χ2v) is 6.37. The molecule has 0 unspecified atom stereocenters. The van der Waals surface area contributed by atoms with Crippen molar-refractivity contribution in [2.75, 3.05) is 36.8 Å². The summed E-state index contributed by atoms with van der Waals surface area (Å²) in [6, 6.07) is 17.0. The van der Waals surface area contributed by atoms with Crippen molar-refractivity contribution in [3.8, 4) is 0 Å². The maximum Gasteiger partial charge on any atom is 0.208 e. The van der Waals surface area contributed by atoms with Gasteiger partial charge in [0.05, 0.1) is 0 Å². The third-order valence-electron chi connectivity index (χ3n) is 4.15. The number of anilines is 2. The molecule has 0 fully saturated rings. The first-order valence-corrected chi connectivity index (χ1v) is 8.78. The van der Waals surface area contributed by atoms with Crippen LogP contribution in [0.15, 0.2) is 60.9 Å². The molecule has 1 aliphatic rings. The molecule has 130 valence electrons. The van der Waals surface area contributed by atoms with Crippen LogP contribution in [0.2, 0.25) is 0 Å². The molecule has 2 radical (unpaired) electrons. The number of hydrogen-bond donors (Lipinski definition) is 2. The fourth-order valence-electron chi connectivity index (χ4n) is 2.63. The van der Waals surface area contributed by atoms with E-state index in [2.05, 4.69) is 102 Å². The predicted molar refractivity (Wildman–Crippen MR) is 105 cm³/mol. The van der Waals surface area contributed by atoms with Gasteiger partial charge in [-0.2, -0.15) is 0 Å². The van der Waals surface area contributed by atoms with Crippen molar-refractivity contribution >= 4 is 11.4 Å². The first kappa shape index (κ1) is 17.2. The third-order valence-corrected chi connectivity index (χ3v) is 4.15. The third kappa shape index (κ3) is 5.45. The molecule has 4 nitrogen and oxygen atoms in total. The molecule has 0 spiro atoms. The largest absolute Gasteiger partial charge is 0.383 e. The maximum atomic E-state index is 3.44. The summed E-state index contributed by atoms with van der Waals surface area (Å²) in [7, 11) is 0. The van der Waals surface area contributed by atoms with Crippen LogP contribution in [0, 0.1) is 20.5 Å². The van der Waals surface area contributed by atoms with Gasteiger partial charge in [-0.3, -0.25) is 0 Å². The summed E-state index contributed by atoms with van der Waals surface area (Å²) in [5.41, 5.74) is 4.88. The summed E-state index contributed by atoms with van der Waals surface area (Å²) in [6.45, 7) is 11.1. The van der Waals surface area contributed by atoms with E-state index in [4.69, 9.17) is 0 Å². The van der Waals surface area contributed by atoms with E-state index in [9.17, 15) is 0 Å². The molecule has 0 saturated heterocycles. The molecule has 25 heavy (non-hydrogen) atoms. The average molecular weight is 334 g/mol. The summed E-state index contributed by atoms with van der Waals surface area (Å²) in [5, 5.41) is 6.87. The van der Waals surface area contributed by atoms with Gasteiger partial charge in [0.25, 0.3) is 0 Å². The highest BCUT2D eigenvalue weighted by atomic mass is 15.3. The number of nitrogens with zero attached hydrogens (tertiary/aromatic N) is 2. The Morgan fingerprint density at radius 2 is 1.08 bits per heavy atom. The predicted octanol–water partition coefficient (Wildman–Crippen LogP) is 3.91. The number of aryl methyl sites for hydroxylation is 2. The lowest BCUT2D eigenvalue weighted by Gasteiger charge is -2.19. The Morgan fingerprint density at radius 3 is 1.48 bits per heavy atom. The maximum absolute atomic E-state index is 3.44. The SMILES string of the molecule is Cc1ccc(NCCN2[C]N(CCNc3ccc(C)cc3)C=C2)cc1. The number of hydrogen-bond acceptors (Lipinski definition) is 4. The second kappa shape index (κ2) is 8.47. The molecule has 2 aromatic carbocycles. The van der Waals surface area contributed by atoms with Crippen LogP contribution in [0.25, 0.3) is 0 Å². The highest BCUT2D eigenvalue weighted by molar-refractivity contribution is 5.45. The molecular weight excluding hydrogens is 308 g/mol. The van der Waals surface area contributed by atoms with Gasteiger partial charge in [0.2, 0.25) is 6.67 Å². The van der Waals surface area contributed by atoms with Gasteiger partial charge in [-0.15, -0.1) is 0 Å². The van der Waals surface area contributed by atoms with Gasteiger partial charge in [0.15, 0.2) is 0 Å². The van der Waals surface area contributed by atoms with Crippen molar-refractivity contribution in [3.63, 3.8) is 0 Å². The van der Waals surface area contributed by atoms with Crippen molar-refractivity contribution in [2.45, 2.75) is 13.8 Å². The highest BCUT2D eigenvalue weighted by Gasteiger charge is 2.13. The van der Waals surface area contributed by atoms with Crippen LogP contribution in [0.5, 0.6) is 0 Å². The van der Waals surface area contributed by atoms with Crippen LogP contribution in [-0.2, 0) is 0 Å². The fraction of sp³-hybridized carbons (Fsp3) is 0.286. The van der Waals surface area contributed by atoms with Crippen LogP contribution < -0.4 is 10.6 Å². The summed E-state index contributed by atoms with van der Waals surface area (Å²) >= 11 is 0. The minimum Gasteiger partial charge on any atom is -0.383 e. The fourth-order valence-corrected chi connectivity index (χ4v) is 2.63. The molecule has 3 rings (SSSR count). The van der Waals surface area contributed by atoms with Crippen molar-refractivity contribution in [2.24, 2.45) is 0 Å². The Hall–Kier alpha value is -2.62. The molecule has 1 aliphatic heterocycles. The van der Waals surface area contributed by atoms with E-state index in [1.165, 1.54) is 11.1 Å². The van der Waals surface area contributed by atoms with E-state index < -0.39 is 0 Å². The van der Waals surface area contributed by atoms with E-state index in [0.29, 0.717) is 0 Å². The van der Waals surface area contributed by atoms with Crippen LogP contribution in [0.1, 0.15) is 11.1 Å². The van der Waals surface area contributed by atoms with Crippen LogP contribution in [0.3, 0.4) is 0 Å². The lowest BCUT2D eigenvalue weighted by Crippen LogP contribution is -2.27. The lowest BCUT2D eigenvalue weighted by atomic mass is 10.2. The number of rotatable bonds is 8. The lowest BCUT2D eigenvalue weighted by molar-refractivity contribution is 0.358. The molecule has 2 N–H and O–H groups in total. The summed E-state index contributed by atoms with van der Waals surface area (Å²) in [4.78, 5) is 4.18. The number of benzene rings is 2. The van der Waals surface area contributed by atoms with E-state index in [1.807, 2.05) is 0 Å². The van der Waals surface area contributed by atoms with Crippen molar-refractivity contribution in [1.82, 2.24) is 9.80 Å². The van der Waals surface area contributed by atoms with Gasteiger partial charge in [-0.25, -0.2) is 0 Å². The molecule has 0 amide bonds. The first-order chi connectivity index (χ1) is 12.2. The van der Waals surface area contributed by atoms with Crippen molar-refractivity contribution < 1.29 is 0 Å². The Bertz CT molecular complexity index is 617. The molecule has 0 aliphatic carbocycles. The Balaban J connectivity index is 1.31.